The Bertz CT molecular complexity index is 1240. The summed E-state index contributed by atoms with van der Waals surface area (Å²) in [4.78, 5) is 27.4. The minimum atomic E-state index is -1.95. The first-order valence-corrected chi connectivity index (χ1v) is 13.1. The SMILES string of the molecule is CC#CCOc1cc([C@@H](C)NC(=O)[C@H](O)[C@@H](O)C(=O)N2CCCC2c2cccc(Cl)c2)ccc1N/C=C\CN. The highest BCUT2D eigenvalue weighted by molar-refractivity contribution is 6.30. The van der Waals surface area contributed by atoms with Crippen molar-refractivity contribution in [2.24, 2.45) is 5.73 Å². The number of hydrogen-bond acceptors (Lipinski definition) is 7. The predicted molar refractivity (Wildman–Crippen MR) is 151 cm³/mol. The number of aliphatic hydroxyl groups is 2. The van der Waals surface area contributed by atoms with Gasteiger partial charge in [0.15, 0.2) is 12.2 Å². The molecule has 4 atom stereocenters. The average Bonchev–Trinajstić information content (AvgIpc) is 3.42. The molecule has 1 heterocycles. The second-order valence-electron chi connectivity index (χ2n) is 9.12. The third kappa shape index (κ3) is 7.97. The zero-order valence-corrected chi connectivity index (χ0v) is 22.8. The van der Waals surface area contributed by atoms with Crippen LogP contribution in [0.15, 0.2) is 54.7 Å². The fourth-order valence-corrected chi connectivity index (χ4v) is 4.57. The molecule has 3 rings (SSSR count). The molecule has 2 aromatic rings. The van der Waals surface area contributed by atoms with Crippen LogP contribution in [0.1, 0.15) is 49.9 Å². The molecule has 2 amide bonds. The normalized spacial score (nSPS) is 17.2. The highest BCUT2D eigenvalue weighted by Crippen LogP contribution is 2.34. The number of benzene rings is 2. The topological polar surface area (TPSA) is 137 Å². The summed E-state index contributed by atoms with van der Waals surface area (Å²) in [5.74, 6) is 4.54. The van der Waals surface area contributed by atoms with E-state index in [-0.39, 0.29) is 12.6 Å². The van der Waals surface area contributed by atoms with Crippen molar-refractivity contribution in [3.05, 3.63) is 70.9 Å². The van der Waals surface area contributed by atoms with Crippen LogP contribution in [-0.4, -0.2) is 58.8 Å². The van der Waals surface area contributed by atoms with Gasteiger partial charge in [0.25, 0.3) is 11.8 Å². The maximum atomic E-state index is 13.1. The molecule has 0 radical (unpaired) electrons. The molecule has 39 heavy (non-hydrogen) atoms. The van der Waals surface area contributed by atoms with Gasteiger partial charge < -0.3 is 36.2 Å². The number of anilines is 1. The van der Waals surface area contributed by atoms with Crippen LogP contribution in [0.4, 0.5) is 5.69 Å². The Morgan fingerprint density at radius 2 is 2.05 bits per heavy atom. The van der Waals surface area contributed by atoms with Crippen molar-refractivity contribution in [3.8, 4) is 17.6 Å². The Hall–Kier alpha value is -3.55. The minimum Gasteiger partial charge on any atom is -0.479 e. The van der Waals surface area contributed by atoms with Crippen LogP contribution in [0, 0.1) is 11.8 Å². The molecule has 0 bridgehead atoms. The lowest BCUT2D eigenvalue weighted by atomic mass is 10.0. The highest BCUT2D eigenvalue weighted by Gasteiger charge is 2.38. The lowest BCUT2D eigenvalue weighted by molar-refractivity contribution is -0.154. The number of nitrogens with two attached hydrogens (primary N) is 1. The predicted octanol–water partition coefficient (Wildman–Crippen LogP) is 2.89. The van der Waals surface area contributed by atoms with E-state index < -0.39 is 30.1 Å². The summed E-state index contributed by atoms with van der Waals surface area (Å²) in [6.45, 7) is 4.40. The van der Waals surface area contributed by atoms with Crippen LogP contribution in [-0.2, 0) is 9.59 Å². The standard InChI is InChI=1S/C29H35ClN4O5/c1-3-4-16-39-25-18-20(11-12-23(25)32-14-7-13-31)19(2)33-28(37)26(35)27(36)29(38)34-15-6-10-24(34)21-8-5-9-22(30)17-21/h5,7-9,11-12,14,17-19,24,26-27,32,35-36H,6,10,13,15-16,31H2,1-2H3,(H,33,37)/b14-7-/t19-,24?,26-,27-/m1/s1. The summed E-state index contributed by atoms with van der Waals surface area (Å²) in [6.07, 6.45) is 1.02. The van der Waals surface area contributed by atoms with Gasteiger partial charge in [-0.1, -0.05) is 41.8 Å². The number of hydrogen-bond donors (Lipinski definition) is 5. The quantitative estimate of drug-likeness (QED) is 0.269. The van der Waals surface area contributed by atoms with Gasteiger partial charge in [0.05, 0.1) is 17.8 Å². The molecule has 1 aliphatic rings. The van der Waals surface area contributed by atoms with Gasteiger partial charge in [-0.05, 0) is 68.3 Å². The Morgan fingerprint density at radius 3 is 2.77 bits per heavy atom. The van der Waals surface area contributed by atoms with Crippen LogP contribution in [0.3, 0.4) is 0 Å². The fourth-order valence-electron chi connectivity index (χ4n) is 4.37. The molecule has 208 valence electrons. The molecule has 0 aliphatic carbocycles. The lowest BCUT2D eigenvalue weighted by Crippen LogP contribution is -2.50. The molecule has 1 saturated heterocycles. The molecule has 10 heteroatoms. The van der Waals surface area contributed by atoms with Gasteiger partial charge in [0, 0.05) is 18.1 Å². The summed E-state index contributed by atoms with van der Waals surface area (Å²) in [5.41, 5.74) is 7.70. The van der Waals surface area contributed by atoms with Crippen molar-refractivity contribution in [3.63, 3.8) is 0 Å². The van der Waals surface area contributed by atoms with Crippen molar-refractivity contribution < 1.29 is 24.5 Å². The number of nitrogens with zero attached hydrogens (tertiary/aromatic N) is 1. The first kappa shape index (κ1) is 30.0. The van der Waals surface area contributed by atoms with Gasteiger partial charge in [-0.15, -0.1) is 5.92 Å². The van der Waals surface area contributed by atoms with Gasteiger partial charge in [0.2, 0.25) is 0 Å². The molecule has 6 N–H and O–H groups in total. The van der Waals surface area contributed by atoms with E-state index in [0.717, 1.165) is 12.0 Å². The van der Waals surface area contributed by atoms with Gasteiger partial charge in [-0.2, -0.15) is 0 Å². The third-order valence-corrected chi connectivity index (χ3v) is 6.66. The van der Waals surface area contributed by atoms with Crippen molar-refractivity contribution >= 4 is 29.1 Å². The van der Waals surface area contributed by atoms with Crippen molar-refractivity contribution in [2.45, 2.75) is 51.0 Å². The number of aliphatic hydroxyl groups excluding tert-OH is 2. The van der Waals surface area contributed by atoms with Crippen molar-refractivity contribution in [2.75, 3.05) is 25.0 Å². The Morgan fingerprint density at radius 1 is 1.26 bits per heavy atom. The molecule has 2 aromatic carbocycles. The van der Waals surface area contributed by atoms with Crippen LogP contribution < -0.4 is 21.1 Å². The molecule has 9 nitrogen and oxygen atoms in total. The van der Waals surface area contributed by atoms with E-state index in [1.807, 2.05) is 6.07 Å². The van der Waals surface area contributed by atoms with Crippen LogP contribution in [0.25, 0.3) is 0 Å². The molecular formula is C29H35ClN4O5. The first-order chi connectivity index (χ1) is 18.8. The summed E-state index contributed by atoms with van der Waals surface area (Å²) in [6, 6.07) is 11.6. The second-order valence-corrected chi connectivity index (χ2v) is 9.55. The van der Waals surface area contributed by atoms with Gasteiger partial charge in [-0.25, -0.2) is 0 Å². The maximum absolute atomic E-state index is 13.1. The van der Waals surface area contributed by atoms with E-state index in [2.05, 4.69) is 22.5 Å². The van der Waals surface area contributed by atoms with E-state index in [0.29, 0.717) is 41.5 Å². The molecule has 0 spiro atoms. The Balaban J connectivity index is 1.68. The van der Waals surface area contributed by atoms with Crippen LogP contribution in [0.2, 0.25) is 5.02 Å². The number of nitrogens with one attached hydrogen (secondary N) is 2. The summed E-state index contributed by atoms with van der Waals surface area (Å²) < 4.78 is 5.77. The molecule has 0 saturated carbocycles. The summed E-state index contributed by atoms with van der Waals surface area (Å²) in [7, 11) is 0. The molecule has 1 unspecified atom stereocenters. The molecule has 1 aliphatic heterocycles. The Labute approximate surface area is 234 Å². The Kier molecular flexibility index (Phi) is 11.2. The van der Waals surface area contributed by atoms with Crippen LogP contribution >= 0.6 is 11.6 Å². The van der Waals surface area contributed by atoms with E-state index in [4.69, 9.17) is 22.1 Å². The zero-order valence-electron chi connectivity index (χ0n) is 22.1. The summed E-state index contributed by atoms with van der Waals surface area (Å²) >= 11 is 6.11. The lowest BCUT2D eigenvalue weighted by Gasteiger charge is -2.29. The van der Waals surface area contributed by atoms with Crippen molar-refractivity contribution in [1.29, 1.82) is 0 Å². The number of rotatable bonds is 11. The number of ether oxygens (including phenoxy) is 1. The van der Waals surface area contributed by atoms with Gasteiger partial charge in [-0.3, -0.25) is 9.59 Å². The smallest absolute Gasteiger partial charge is 0.255 e. The van der Waals surface area contributed by atoms with Crippen molar-refractivity contribution in [1.82, 2.24) is 10.2 Å². The highest BCUT2D eigenvalue weighted by atomic mass is 35.5. The van der Waals surface area contributed by atoms with Gasteiger partial charge in [0.1, 0.15) is 12.4 Å². The monoisotopic (exact) mass is 554 g/mol. The third-order valence-electron chi connectivity index (χ3n) is 6.42. The zero-order chi connectivity index (χ0) is 28.4. The van der Waals surface area contributed by atoms with Crippen LogP contribution in [0.5, 0.6) is 5.75 Å². The van der Waals surface area contributed by atoms with E-state index in [1.165, 1.54) is 4.90 Å². The number of amides is 2. The minimum absolute atomic E-state index is 0.176. The first-order valence-electron chi connectivity index (χ1n) is 12.8. The molecular weight excluding hydrogens is 520 g/mol. The number of likely N-dealkylation sites (tertiary alicyclic amines) is 1. The van der Waals surface area contributed by atoms with E-state index in [9.17, 15) is 19.8 Å². The number of halogens is 1. The maximum Gasteiger partial charge on any atom is 0.255 e. The second kappa shape index (κ2) is 14.6. The van der Waals surface area contributed by atoms with E-state index >= 15 is 0 Å². The van der Waals surface area contributed by atoms with E-state index in [1.54, 1.807) is 62.5 Å². The fraction of sp³-hybridized carbons (Fsp3) is 0.379. The van der Waals surface area contributed by atoms with Gasteiger partial charge >= 0.3 is 0 Å². The summed E-state index contributed by atoms with van der Waals surface area (Å²) in [5, 5.41) is 27.5. The average molecular weight is 555 g/mol. The number of carbonyl (C=O) groups excluding carboxylic acids is 2. The number of carbonyl (C=O) groups is 2. The molecule has 0 aromatic heterocycles. The molecule has 1 fully saturated rings. The largest absolute Gasteiger partial charge is 0.479 e.